The van der Waals surface area contributed by atoms with E-state index in [2.05, 4.69) is 0 Å². The Labute approximate surface area is 166 Å². The van der Waals surface area contributed by atoms with Gasteiger partial charge in [-0.05, 0) is 30.3 Å². The summed E-state index contributed by atoms with van der Waals surface area (Å²) in [5.74, 6) is -5.10. The Balaban J connectivity index is 2.56. The van der Waals surface area contributed by atoms with E-state index in [1.807, 2.05) is 0 Å². The maximum Gasteiger partial charge on any atom is 0.365 e. The first kappa shape index (κ1) is 20.3. The number of halogens is 4. The third kappa shape index (κ3) is 3.73. The third-order valence-electron chi connectivity index (χ3n) is 3.33. The molecule has 2 N–H and O–H groups in total. The molecule has 2 aromatic rings. The van der Waals surface area contributed by atoms with Crippen LogP contribution in [0.4, 0.5) is 0 Å². The largest absolute Gasteiger partial charge is 0.478 e. The molecule has 136 valence electrons. The van der Waals surface area contributed by atoms with Gasteiger partial charge in [-0.1, -0.05) is 52.5 Å². The molecule has 0 unspecified atom stereocenters. The molecule has 0 spiro atoms. The summed E-state index contributed by atoms with van der Waals surface area (Å²) in [6.45, 7) is 0. The van der Waals surface area contributed by atoms with E-state index in [1.54, 1.807) is 0 Å². The second-order valence-electron chi connectivity index (χ2n) is 4.94. The van der Waals surface area contributed by atoms with Crippen molar-refractivity contribution in [2.24, 2.45) is 0 Å². The van der Waals surface area contributed by atoms with E-state index >= 15 is 0 Å². The second kappa shape index (κ2) is 7.72. The number of aliphatic carboxylic acids is 2. The van der Waals surface area contributed by atoms with E-state index in [4.69, 9.17) is 51.1 Å². The van der Waals surface area contributed by atoms with Crippen LogP contribution in [0.2, 0.25) is 20.1 Å². The minimum atomic E-state index is -3.04. The normalized spacial score (nSPS) is 11.1. The quantitative estimate of drug-likeness (QED) is 0.526. The van der Waals surface area contributed by atoms with Crippen LogP contribution in [-0.4, -0.2) is 28.1 Å². The topological polar surface area (TPSA) is 101 Å². The Morgan fingerprint density at radius 1 is 0.769 bits per heavy atom. The van der Waals surface area contributed by atoms with Gasteiger partial charge in [-0.2, -0.15) is 0 Å². The van der Waals surface area contributed by atoms with Crippen LogP contribution in [0.1, 0.15) is 15.9 Å². The molecule has 26 heavy (non-hydrogen) atoms. The zero-order valence-corrected chi connectivity index (χ0v) is 15.5. The van der Waals surface area contributed by atoms with E-state index in [0.717, 1.165) is 18.2 Å². The molecule has 0 aliphatic rings. The van der Waals surface area contributed by atoms with Gasteiger partial charge in [-0.15, -0.1) is 0 Å². The second-order valence-corrected chi connectivity index (χ2v) is 6.57. The summed E-state index contributed by atoms with van der Waals surface area (Å²) in [5.41, 5.74) is -3.64. The van der Waals surface area contributed by atoms with Crippen molar-refractivity contribution in [1.29, 1.82) is 0 Å². The lowest BCUT2D eigenvalue weighted by Crippen LogP contribution is -2.47. The molecule has 0 saturated heterocycles. The average molecular weight is 438 g/mol. The summed E-state index contributed by atoms with van der Waals surface area (Å²) in [4.78, 5) is 35.9. The molecule has 0 atom stereocenters. The van der Waals surface area contributed by atoms with E-state index in [1.165, 1.54) is 18.2 Å². The lowest BCUT2D eigenvalue weighted by molar-refractivity contribution is -0.178. The predicted molar refractivity (Wildman–Crippen MR) is 95.3 cm³/mol. The van der Waals surface area contributed by atoms with Gasteiger partial charge in [0.1, 0.15) is 0 Å². The number of esters is 1. The van der Waals surface area contributed by atoms with Crippen LogP contribution in [0.3, 0.4) is 0 Å². The van der Waals surface area contributed by atoms with Crippen molar-refractivity contribution in [3.05, 3.63) is 67.6 Å². The lowest BCUT2D eigenvalue weighted by Gasteiger charge is -2.25. The number of carboxylic acid groups (broad SMARTS) is 2. The van der Waals surface area contributed by atoms with Gasteiger partial charge in [-0.25, -0.2) is 14.4 Å². The minimum absolute atomic E-state index is 0.00639. The molecule has 0 radical (unpaired) electrons. The fourth-order valence-electron chi connectivity index (χ4n) is 2.02. The molecule has 6 nitrogen and oxygen atoms in total. The van der Waals surface area contributed by atoms with Crippen LogP contribution < -0.4 is 0 Å². The van der Waals surface area contributed by atoms with Crippen molar-refractivity contribution in [3.8, 4) is 0 Å². The fraction of sp³-hybridized carbons (Fsp3) is 0.0625. The number of hydrogen-bond donors (Lipinski definition) is 2. The zero-order chi connectivity index (χ0) is 19.6. The fourth-order valence-corrected chi connectivity index (χ4v) is 2.62. The molecule has 0 aliphatic carbocycles. The lowest BCUT2D eigenvalue weighted by atomic mass is 9.93. The van der Waals surface area contributed by atoms with Gasteiger partial charge in [0.2, 0.25) is 0 Å². The molecule has 2 rings (SSSR count). The van der Waals surface area contributed by atoms with Crippen molar-refractivity contribution in [2.75, 3.05) is 0 Å². The number of carbonyl (C=O) groups is 3. The highest BCUT2D eigenvalue weighted by Crippen LogP contribution is 2.33. The van der Waals surface area contributed by atoms with Crippen molar-refractivity contribution in [3.63, 3.8) is 0 Å². The third-order valence-corrected chi connectivity index (χ3v) is 4.81. The highest BCUT2D eigenvalue weighted by atomic mass is 35.5. The molecule has 0 saturated carbocycles. The number of carbonyl (C=O) groups excluding carboxylic acids is 1. The monoisotopic (exact) mass is 436 g/mol. The van der Waals surface area contributed by atoms with Gasteiger partial charge in [-0.3, -0.25) is 0 Å². The first-order chi connectivity index (χ1) is 12.1. The van der Waals surface area contributed by atoms with Crippen LogP contribution in [0, 0.1) is 0 Å². The first-order valence-corrected chi connectivity index (χ1v) is 8.21. The maximum atomic E-state index is 12.3. The van der Waals surface area contributed by atoms with Gasteiger partial charge >= 0.3 is 23.5 Å². The zero-order valence-electron chi connectivity index (χ0n) is 12.5. The minimum Gasteiger partial charge on any atom is -0.478 e. The highest BCUT2D eigenvalue weighted by Gasteiger charge is 2.53. The summed E-state index contributed by atoms with van der Waals surface area (Å²) >= 11 is 23.1. The Kier molecular flexibility index (Phi) is 6.03. The van der Waals surface area contributed by atoms with Crippen molar-refractivity contribution < 1.29 is 29.3 Å². The van der Waals surface area contributed by atoms with E-state index in [-0.39, 0.29) is 25.7 Å². The van der Waals surface area contributed by atoms with Gasteiger partial charge in [0, 0.05) is 5.56 Å². The van der Waals surface area contributed by atoms with E-state index in [9.17, 15) is 24.6 Å². The Morgan fingerprint density at radius 3 is 1.73 bits per heavy atom. The molecule has 10 heteroatoms. The van der Waals surface area contributed by atoms with Crippen LogP contribution in [0.5, 0.6) is 0 Å². The van der Waals surface area contributed by atoms with Gasteiger partial charge < -0.3 is 14.9 Å². The standard InChI is InChI=1S/C16H8Cl4O6/c17-9-3-1-7(5-11(9)19)13(21)26-16(14(22)23,15(24)25)8-2-4-10(18)12(20)6-8/h1-6H,(H,22,23)(H,24,25). The van der Waals surface area contributed by atoms with Gasteiger partial charge in [0.05, 0.1) is 25.7 Å². The predicted octanol–water partition coefficient (Wildman–Crippen LogP) is 4.52. The van der Waals surface area contributed by atoms with Crippen molar-refractivity contribution in [1.82, 2.24) is 0 Å². The molecule has 0 amide bonds. The molecule has 0 fully saturated rings. The summed E-state index contributed by atoms with van der Waals surface area (Å²) in [6, 6.07) is 6.87. The van der Waals surface area contributed by atoms with Crippen LogP contribution >= 0.6 is 46.4 Å². The van der Waals surface area contributed by atoms with E-state index < -0.39 is 29.1 Å². The molecule has 0 heterocycles. The van der Waals surface area contributed by atoms with E-state index in [0.29, 0.717) is 0 Å². The summed E-state index contributed by atoms with van der Waals surface area (Å²) in [6.07, 6.45) is 0. The average Bonchev–Trinajstić information content (AvgIpc) is 2.56. The Hall–Kier alpha value is -1.99. The Morgan fingerprint density at radius 2 is 1.27 bits per heavy atom. The molecule has 2 aromatic carbocycles. The van der Waals surface area contributed by atoms with Gasteiger partial charge in [0.15, 0.2) is 0 Å². The molecule has 0 bridgehead atoms. The number of benzene rings is 2. The highest BCUT2D eigenvalue weighted by molar-refractivity contribution is 6.42. The summed E-state index contributed by atoms with van der Waals surface area (Å²) < 4.78 is 4.88. The number of rotatable bonds is 5. The summed E-state index contributed by atoms with van der Waals surface area (Å²) in [7, 11) is 0. The molecular formula is C16H8Cl4O6. The van der Waals surface area contributed by atoms with Crippen LogP contribution in [-0.2, 0) is 19.9 Å². The smallest absolute Gasteiger partial charge is 0.365 e. The first-order valence-electron chi connectivity index (χ1n) is 6.70. The molecule has 0 aliphatic heterocycles. The number of hydrogen-bond acceptors (Lipinski definition) is 4. The number of ether oxygens (including phenoxy) is 1. The summed E-state index contributed by atoms with van der Waals surface area (Å²) in [5, 5.41) is 19.2. The molecule has 0 aromatic heterocycles. The SMILES string of the molecule is O=C(OC(C(=O)O)(C(=O)O)c1ccc(Cl)c(Cl)c1)c1ccc(Cl)c(Cl)c1. The molecular weight excluding hydrogens is 430 g/mol. The Bertz CT molecular complexity index is 898. The van der Waals surface area contributed by atoms with Crippen molar-refractivity contribution >= 4 is 64.3 Å². The van der Waals surface area contributed by atoms with Crippen LogP contribution in [0.15, 0.2) is 36.4 Å². The van der Waals surface area contributed by atoms with Crippen molar-refractivity contribution in [2.45, 2.75) is 5.60 Å². The number of carboxylic acids is 2. The van der Waals surface area contributed by atoms with Crippen LogP contribution in [0.25, 0.3) is 0 Å². The maximum absolute atomic E-state index is 12.3. The van der Waals surface area contributed by atoms with Gasteiger partial charge in [0.25, 0.3) is 0 Å².